The number of fused-ring (bicyclic) bond motifs is 12. The molecule has 1 spiro atoms. The summed E-state index contributed by atoms with van der Waals surface area (Å²) in [5, 5.41) is 2.07. The van der Waals surface area contributed by atoms with Gasteiger partial charge < -0.3 is 9.15 Å². The first-order chi connectivity index (χ1) is 28.3. The van der Waals surface area contributed by atoms with E-state index in [9.17, 15) is 0 Å². The molecule has 0 fully saturated rings. The van der Waals surface area contributed by atoms with Gasteiger partial charge in [-0.3, -0.25) is 0 Å². The lowest BCUT2D eigenvalue weighted by Crippen LogP contribution is -2.32. The minimum Gasteiger partial charge on any atom is -0.457 e. The van der Waals surface area contributed by atoms with Crippen molar-refractivity contribution in [2.45, 2.75) is 5.41 Å². The molecule has 8 aromatic carbocycles. The summed E-state index contributed by atoms with van der Waals surface area (Å²) in [5.41, 5.74) is 12.7. The van der Waals surface area contributed by atoms with Gasteiger partial charge in [0, 0.05) is 33.0 Å². The number of benzene rings is 8. The predicted molar refractivity (Wildman–Crippen MR) is 226 cm³/mol. The van der Waals surface area contributed by atoms with Gasteiger partial charge in [-0.05, 0) is 63.7 Å². The third-order valence-corrected chi connectivity index (χ3v) is 11.6. The van der Waals surface area contributed by atoms with Gasteiger partial charge in [0.25, 0.3) is 0 Å². The van der Waals surface area contributed by atoms with Crippen LogP contribution in [0.3, 0.4) is 0 Å². The normalized spacial score (nSPS) is 13.2. The van der Waals surface area contributed by atoms with E-state index in [2.05, 4.69) is 140 Å². The molecule has 3 heterocycles. The highest BCUT2D eigenvalue weighted by Gasteiger charge is 2.51. The molecule has 1 aliphatic carbocycles. The van der Waals surface area contributed by atoms with Crippen LogP contribution < -0.4 is 4.74 Å². The highest BCUT2D eigenvalue weighted by Crippen LogP contribution is 2.62. The molecule has 0 amide bonds. The van der Waals surface area contributed by atoms with Gasteiger partial charge in [-0.15, -0.1) is 0 Å². The fourth-order valence-corrected chi connectivity index (χ4v) is 9.21. The first-order valence-electron chi connectivity index (χ1n) is 19.2. The molecule has 0 unspecified atom stereocenters. The minimum absolute atomic E-state index is 0.544. The molecule has 2 aliphatic rings. The van der Waals surface area contributed by atoms with E-state index in [1.165, 1.54) is 16.7 Å². The number of hydrogen-bond donors (Lipinski definition) is 0. The first kappa shape index (κ1) is 31.7. The van der Waals surface area contributed by atoms with Crippen LogP contribution >= 0.6 is 0 Å². The Morgan fingerprint density at radius 3 is 1.70 bits per heavy atom. The number of hydrogen-bond acceptors (Lipinski definition) is 5. The van der Waals surface area contributed by atoms with Gasteiger partial charge in [-0.2, -0.15) is 0 Å². The molecule has 0 atom stereocenters. The van der Waals surface area contributed by atoms with Gasteiger partial charge in [0.05, 0.1) is 11.0 Å². The number of rotatable bonds is 4. The highest BCUT2D eigenvalue weighted by atomic mass is 16.5. The van der Waals surface area contributed by atoms with Crippen LogP contribution in [-0.4, -0.2) is 15.0 Å². The summed E-state index contributed by atoms with van der Waals surface area (Å²) >= 11 is 0. The number of para-hydroxylation sites is 4. The zero-order valence-corrected chi connectivity index (χ0v) is 30.6. The second kappa shape index (κ2) is 12.2. The molecule has 1 aliphatic heterocycles. The monoisotopic (exact) mass is 729 g/mol. The van der Waals surface area contributed by atoms with Crippen molar-refractivity contribution in [2.24, 2.45) is 0 Å². The second-order valence-electron chi connectivity index (χ2n) is 14.6. The van der Waals surface area contributed by atoms with Crippen molar-refractivity contribution >= 4 is 21.9 Å². The smallest absolute Gasteiger partial charge is 0.167 e. The lowest BCUT2D eigenvalue weighted by atomic mass is 9.66. The van der Waals surface area contributed by atoms with Crippen LogP contribution in [0.4, 0.5) is 0 Å². The third kappa shape index (κ3) is 4.60. The fourth-order valence-electron chi connectivity index (χ4n) is 9.21. The molecule has 5 heteroatoms. The molecule has 0 bridgehead atoms. The molecular weight excluding hydrogens is 699 g/mol. The summed E-state index contributed by atoms with van der Waals surface area (Å²) < 4.78 is 13.1. The Morgan fingerprint density at radius 2 is 0.912 bits per heavy atom. The van der Waals surface area contributed by atoms with Crippen LogP contribution in [-0.2, 0) is 5.41 Å². The quantitative estimate of drug-likeness (QED) is 0.180. The maximum Gasteiger partial charge on any atom is 0.167 e. The highest BCUT2D eigenvalue weighted by molar-refractivity contribution is 6.09. The van der Waals surface area contributed by atoms with E-state index in [0.717, 1.165) is 77.9 Å². The van der Waals surface area contributed by atoms with Gasteiger partial charge in [0.15, 0.2) is 17.5 Å². The van der Waals surface area contributed by atoms with Crippen LogP contribution in [0.15, 0.2) is 192 Å². The van der Waals surface area contributed by atoms with Crippen molar-refractivity contribution in [1.82, 2.24) is 15.0 Å². The second-order valence-corrected chi connectivity index (χ2v) is 14.6. The molecular formula is C52H31N3O2. The van der Waals surface area contributed by atoms with Crippen molar-refractivity contribution in [2.75, 3.05) is 0 Å². The number of ether oxygens (including phenoxy) is 1. The largest absolute Gasteiger partial charge is 0.457 e. The molecule has 2 aromatic heterocycles. The summed E-state index contributed by atoms with van der Waals surface area (Å²) in [6.07, 6.45) is 0. The van der Waals surface area contributed by atoms with Crippen molar-refractivity contribution in [3.8, 4) is 67.9 Å². The van der Waals surface area contributed by atoms with E-state index in [0.29, 0.717) is 17.5 Å². The summed E-state index contributed by atoms with van der Waals surface area (Å²) in [7, 11) is 0. The lowest BCUT2D eigenvalue weighted by molar-refractivity contribution is 0.436. The average molecular weight is 730 g/mol. The van der Waals surface area contributed by atoms with Gasteiger partial charge in [-0.1, -0.05) is 158 Å². The maximum absolute atomic E-state index is 6.60. The Balaban J connectivity index is 1.14. The number of nitrogens with zero attached hydrogens (tertiary/aromatic N) is 3. The Hall–Kier alpha value is -7.63. The SMILES string of the molecule is c1ccc(-c2ccccc2-c2nc(-c3ccc4c(c3)C3(c5ccccc5Oc5ccccc53)c3ccccc3-4)nc(-c3cccc4c3oc3ccccc34)n2)cc1. The van der Waals surface area contributed by atoms with Gasteiger partial charge in [0.2, 0.25) is 0 Å². The predicted octanol–water partition coefficient (Wildman–Crippen LogP) is 12.9. The van der Waals surface area contributed by atoms with Gasteiger partial charge in [-0.25, -0.2) is 15.0 Å². The van der Waals surface area contributed by atoms with Gasteiger partial charge in [0.1, 0.15) is 22.7 Å². The van der Waals surface area contributed by atoms with Crippen LogP contribution in [0, 0.1) is 0 Å². The van der Waals surface area contributed by atoms with Crippen molar-refractivity contribution in [3.63, 3.8) is 0 Å². The average Bonchev–Trinajstić information content (AvgIpc) is 3.80. The standard InChI is InChI=1S/C52H31N3O2/c1-2-15-32(16-3-1)34-17-4-5-20-39(34)50-53-49(54-51(55-50)40-22-14-21-38-37-19-7-11-26-45(37)57-48(38)40)33-29-30-36-35-18-6-8-23-41(35)52(44(36)31-33)42-24-9-12-27-46(42)56-47-28-13-10-25-43(47)52/h1-31H. The molecule has 5 nitrogen and oxygen atoms in total. The first-order valence-corrected chi connectivity index (χ1v) is 19.2. The molecule has 10 aromatic rings. The van der Waals surface area contributed by atoms with E-state index >= 15 is 0 Å². The summed E-state index contributed by atoms with van der Waals surface area (Å²) in [4.78, 5) is 15.9. The van der Waals surface area contributed by atoms with Crippen LogP contribution in [0.2, 0.25) is 0 Å². The summed E-state index contributed by atoms with van der Waals surface area (Å²) in [6, 6.07) is 65.4. The summed E-state index contributed by atoms with van der Waals surface area (Å²) in [5.74, 6) is 3.41. The Bertz CT molecular complexity index is 3190. The topological polar surface area (TPSA) is 61.0 Å². The van der Waals surface area contributed by atoms with Gasteiger partial charge >= 0.3 is 0 Å². The van der Waals surface area contributed by atoms with E-state index in [1.54, 1.807) is 0 Å². The fraction of sp³-hybridized carbons (Fsp3) is 0.0192. The molecule has 0 radical (unpaired) electrons. The van der Waals surface area contributed by atoms with E-state index in [4.69, 9.17) is 24.1 Å². The van der Waals surface area contributed by atoms with E-state index in [1.807, 2.05) is 48.5 Å². The van der Waals surface area contributed by atoms with Crippen LogP contribution in [0.25, 0.3) is 78.4 Å². The Labute approximate surface area is 328 Å². The van der Waals surface area contributed by atoms with Crippen molar-refractivity contribution in [1.29, 1.82) is 0 Å². The summed E-state index contributed by atoms with van der Waals surface area (Å²) in [6.45, 7) is 0. The van der Waals surface area contributed by atoms with Crippen molar-refractivity contribution in [3.05, 3.63) is 210 Å². The lowest BCUT2D eigenvalue weighted by Gasteiger charge is -2.39. The number of furan rings is 1. The van der Waals surface area contributed by atoms with E-state index in [-0.39, 0.29) is 0 Å². The Morgan fingerprint density at radius 1 is 0.351 bits per heavy atom. The van der Waals surface area contributed by atoms with E-state index < -0.39 is 5.41 Å². The molecule has 12 rings (SSSR count). The van der Waals surface area contributed by atoms with Crippen LogP contribution in [0.5, 0.6) is 11.5 Å². The zero-order chi connectivity index (χ0) is 37.5. The van der Waals surface area contributed by atoms with Crippen LogP contribution in [0.1, 0.15) is 22.3 Å². The zero-order valence-electron chi connectivity index (χ0n) is 30.6. The molecule has 57 heavy (non-hydrogen) atoms. The Kier molecular flexibility index (Phi) is 6.78. The minimum atomic E-state index is -0.619. The maximum atomic E-state index is 6.60. The molecule has 0 saturated carbocycles. The third-order valence-electron chi connectivity index (χ3n) is 11.6. The van der Waals surface area contributed by atoms with Crippen molar-refractivity contribution < 1.29 is 9.15 Å². The molecule has 0 saturated heterocycles. The number of aromatic nitrogens is 3. The molecule has 0 N–H and O–H groups in total. The molecule has 266 valence electrons.